The number of hydrogen-bond donors (Lipinski definition) is 0. The van der Waals surface area contributed by atoms with Crippen LogP contribution in [-0.2, 0) is 4.74 Å². The Morgan fingerprint density at radius 2 is 2.38 bits per heavy atom. The molecular weight excluding hydrogens is 173 g/mol. The molecule has 0 saturated heterocycles. The molecular formula is C9H10FNO2. The number of carbonyl (C=O) groups is 1. The Kier molecular flexibility index (Phi) is 2.95. The molecule has 0 saturated carbocycles. The van der Waals surface area contributed by atoms with Crippen molar-refractivity contribution in [2.24, 2.45) is 0 Å². The van der Waals surface area contributed by atoms with E-state index in [9.17, 15) is 9.18 Å². The molecule has 1 heterocycles. The van der Waals surface area contributed by atoms with Gasteiger partial charge in [0.05, 0.1) is 18.4 Å². The van der Waals surface area contributed by atoms with E-state index in [0.717, 1.165) is 6.20 Å². The Hall–Kier alpha value is -1.45. The van der Waals surface area contributed by atoms with Crippen LogP contribution in [0.1, 0.15) is 23.0 Å². The maximum absolute atomic E-state index is 13.0. The lowest BCUT2D eigenvalue weighted by Gasteiger charge is -2.02. The number of carbonyl (C=O) groups excluding carboxylic acids is 1. The van der Waals surface area contributed by atoms with Gasteiger partial charge in [0.2, 0.25) is 0 Å². The Balaban J connectivity index is 2.99. The van der Waals surface area contributed by atoms with Gasteiger partial charge in [-0.2, -0.15) is 0 Å². The molecule has 0 fully saturated rings. The first-order valence-electron chi connectivity index (χ1n) is 3.94. The van der Waals surface area contributed by atoms with Crippen LogP contribution >= 0.6 is 0 Å². The summed E-state index contributed by atoms with van der Waals surface area (Å²) in [6.07, 6.45) is 1.02. The average molecular weight is 183 g/mol. The van der Waals surface area contributed by atoms with E-state index in [1.807, 2.05) is 0 Å². The molecule has 0 unspecified atom stereocenters. The van der Waals surface area contributed by atoms with Crippen molar-refractivity contribution in [1.29, 1.82) is 0 Å². The van der Waals surface area contributed by atoms with Gasteiger partial charge in [-0.3, -0.25) is 4.98 Å². The summed E-state index contributed by atoms with van der Waals surface area (Å²) in [6, 6.07) is 1.37. The maximum atomic E-state index is 13.0. The highest BCUT2D eigenvalue weighted by molar-refractivity contribution is 5.89. The van der Waals surface area contributed by atoms with Gasteiger partial charge < -0.3 is 4.74 Å². The SMILES string of the molecule is CCOC(=O)c1cc(C)ncc1F. The van der Waals surface area contributed by atoms with Crippen molar-refractivity contribution in [2.45, 2.75) is 13.8 Å². The van der Waals surface area contributed by atoms with Crippen LogP contribution in [0.15, 0.2) is 12.3 Å². The number of pyridine rings is 1. The van der Waals surface area contributed by atoms with E-state index in [4.69, 9.17) is 0 Å². The number of rotatable bonds is 2. The first-order chi connectivity index (χ1) is 6.15. The van der Waals surface area contributed by atoms with E-state index in [-0.39, 0.29) is 12.2 Å². The molecule has 0 bridgehead atoms. The standard InChI is InChI=1S/C9H10FNO2/c1-3-13-9(12)7-4-6(2)11-5-8(7)10/h4-5H,3H2,1-2H3. The number of aromatic nitrogens is 1. The first-order valence-corrected chi connectivity index (χ1v) is 3.94. The van der Waals surface area contributed by atoms with E-state index in [1.165, 1.54) is 6.07 Å². The normalized spacial score (nSPS) is 9.77. The summed E-state index contributed by atoms with van der Waals surface area (Å²) in [6.45, 7) is 3.59. The molecule has 4 heteroatoms. The summed E-state index contributed by atoms with van der Waals surface area (Å²) < 4.78 is 17.6. The zero-order chi connectivity index (χ0) is 9.84. The summed E-state index contributed by atoms with van der Waals surface area (Å²) in [5.41, 5.74) is 0.527. The molecule has 0 aliphatic heterocycles. The summed E-state index contributed by atoms with van der Waals surface area (Å²) >= 11 is 0. The molecule has 0 aliphatic carbocycles. The van der Waals surface area contributed by atoms with Crippen LogP contribution in [0.4, 0.5) is 4.39 Å². The van der Waals surface area contributed by atoms with Crippen LogP contribution in [-0.4, -0.2) is 17.6 Å². The third-order valence-corrected chi connectivity index (χ3v) is 1.49. The van der Waals surface area contributed by atoms with Crippen LogP contribution < -0.4 is 0 Å². The highest BCUT2D eigenvalue weighted by Gasteiger charge is 2.12. The van der Waals surface area contributed by atoms with Gasteiger partial charge in [0, 0.05) is 5.69 Å². The molecule has 70 valence electrons. The fourth-order valence-corrected chi connectivity index (χ4v) is 0.908. The molecule has 13 heavy (non-hydrogen) atoms. The third-order valence-electron chi connectivity index (χ3n) is 1.49. The van der Waals surface area contributed by atoms with Crippen LogP contribution in [0.2, 0.25) is 0 Å². The second-order valence-corrected chi connectivity index (χ2v) is 2.53. The van der Waals surface area contributed by atoms with E-state index >= 15 is 0 Å². The lowest BCUT2D eigenvalue weighted by Crippen LogP contribution is -2.08. The topological polar surface area (TPSA) is 39.2 Å². The zero-order valence-corrected chi connectivity index (χ0v) is 7.50. The molecule has 0 spiro atoms. The Morgan fingerprint density at radius 1 is 1.69 bits per heavy atom. The fourth-order valence-electron chi connectivity index (χ4n) is 0.908. The van der Waals surface area contributed by atoms with Crippen molar-refractivity contribution in [2.75, 3.05) is 6.61 Å². The van der Waals surface area contributed by atoms with E-state index in [2.05, 4.69) is 9.72 Å². The Labute approximate surface area is 75.6 Å². The molecule has 0 radical (unpaired) electrons. The van der Waals surface area contributed by atoms with Crippen molar-refractivity contribution in [3.63, 3.8) is 0 Å². The highest BCUT2D eigenvalue weighted by Crippen LogP contribution is 2.08. The minimum absolute atomic E-state index is 0.0608. The Bertz CT molecular complexity index is 325. The monoisotopic (exact) mass is 183 g/mol. The van der Waals surface area contributed by atoms with E-state index < -0.39 is 11.8 Å². The molecule has 0 N–H and O–H groups in total. The predicted molar refractivity (Wildman–Crippen MR) is 44.9 cm³/mol. The summed E-state index contributed by atoms with van der Waals surface area (Å²) in [4.78, 5) is 14.8. The lowest BCUT2D eigenvalue weighted by molar-refractivity contribution is 0.0520. The smallest absolute Gasteiger partial charge is 0.341 e. The quantitative estimate of drug-likeness (QED) is 0.655. The van der Waals surface area contributed by atoms with Crippen molar-refractivity contribution in [3.05, 3.63) is 29.3 Å². The number of halogens is 1. The molecule has 0 aromatic carbocycles. The van der Waals surface area contributed by atoms with Crippen molar-refractivity contribution >= 4 is 5.97 Å². The van der Waals surface area contributed by atoms with Gasteiger partial charge in [-0.15, -0.1) is 0 Å². The molecule has 0 aliphatic rings. The van der Waals surface area contributed by atoms with Gasteiger partial charge in [0.1, 0.15) is 0 Å². The van der Waals surface area contributed by atoms with Gasteiger partial charge in [-0.05, 0) is 19.9 Å². The molecule has 1 rings (SSSR count). The summed E-state index contributed by atoms with van der Waals surface area (Å²) in [7, 11) is 0. The van der Waals surface area contributed by atoms with E-state index in [0.29, 0.717) is 5.69 Å². The van der Waals surface area contributed by atoms with Gasteiger partial charge >= 0.3 is 5.97 Å². The molecule has 3 nitrogen and oxygen atoms in total. The van der Waals surface area contributed by atoms with Gasteiger partial charge in [-0.1, -0.05) is 0 Å². The minimum Gasteiger partial charge on any atom is -0.462 e. The number of nitrogens with zero attached hydrogens (tertiary/aromatic N) is 1. The second-order valence-electron chi connectivity index (χ2n) is 2.53. The van der Waals surface area contributed by atoms with Crippen LogP contribution in [0.5, 0.6) is 0 Å². The maximum Gasteiger partial charge on any atom is 0.341 e. The van der Waals surface area contributed by atoms with E-state index in [1.54, 1.807) is 13.8 Å². The highest BCUT2D eigenvalue weighted by atomic mass is 19.1. The van der Waals surface area contributed by atoms with Crippen molar-refractivity contribution < 1.29 is 13.9 Å². The van der Waals surface area contributed by atoms with Gasteiger partial charge in [-0.25, -0.2) is 9.18 Å². The molecule has 0 amide bonds. The first kappa shape index (κ1) is 9.64. The number of ether oxygens (including phenoxy) is 1. The van der Waals surface area contributed by atoms with Crippen molar-refractivity contribution in [1.82, 2.24) is 4.98 Å². The number of hydrogen-bond acceptors (Lipinski definition) is 3. The number of aryl methyl sites for hydroxylation is 1. The molecule has 1 aromatic heterocycles. The van der Waals surface area contributed by atoms with Crippen molar-refractivity contribution in [3.8, 4) is 0 Å². The molecule has 0 atom stereocenters. The minimum atomic E-state index is -0.649. The zero-order valence-electron chi connectivity index (χ0n) is 7.50. The predicted octanol–water partition coefficient (Wildman–Crippen LogP) is 1.71. The number of esters is 1. The third kappa shape index (κ3) is 2.24. The fraction of sp³-hybridized carbons (Fsp3) is 0.333. The second kappa shape index (κ2) is 3.98. The van der Waals surface area contributed by atoms with Crippen LogP contribution in [0, 0.1) is 12.7 Å². The van der Waals surface area contributed by atoms with Gasteiger partial charge in [0.25, 0.3) is 0 Å². The summed E-state index contributed by atoms with van der Waals surface area (Å²) in [5.74, 6) is -1.30. The van der Waals surface area contributed by atoms with Crippen LogP contribution in [0.25, 0.3) is 0 Å². The lowest BCUT2D eigenvalue weighted by atomic mass is 10.2. The largest absolute Gasteiger partial charge is 0.462 e. The molecule has 1 aromatic rings. The summed E-state index contributed by atoms with van der Waals surface area (Å²) in [5, 5.41) is 0. The van der Waals surface area contributed by atoms with Crippen LogP contribution in [0.3, 0.4) is 0 Å². The van der Waals surface area contributed by atoms with Gasteiger partial charge in [0.15, 0.2) is 5.82 Å². The Morgan fingerprint density at radius 3 is 3.00 bits per heavy atom. The average Bonchev–Trinajstić information content (AvgIpc) is 2.09.